The van der Waals surface area contributed by atoms with Gasteiger partial charge in [0, 0.05) is 30.0 Å². The molecule has 3 aromatic rings. The molecule has 0 unspecified atom stereocenters. The third kappa shape index (κ3) is 6.90. The smallest absolute Gasteiger partial charge is 0.261 e. The fraction of sp³-hybridized carbons (Fsp3) is 0.345. The number of hydrogen-bond acceptors (Lipinski definition) is 6. The van der Waals surface area contributed by atoms with Gasteiger partial charge >= 0.3 is 0 Å². The Hall–Kier alpha value is -3.25. The van der Waals surface area contributed by atoms with E-state index in [-0.39, 0.29) is 34.1 Å². The van der Waals surface area contributed by atoms with Crippen molar-refractivity contribution in [2.45, 2.75) is 49.8 Å². The molecule has 0 spiro atoms. The number of ether oxygens (including phenoxy) is 1. The molecule has 0 saturated carbocycles. The molecule has 2 N–H and O–H groups in total. The highest BCUT2D eigenvalue weighted by atomic mass is 32.2. The molecule has 0 atom stereocenters. The second-order valence-electron chi connectivity index (χ2n) is 9.83. The fourth-order valence-corrected chi connectivity index (χ4v) is 7.17. The van der Waals surface area contributed by atoms with Gasteiger partial charge in [-0.2, -0.15) is 4.31 Å². The molecule has 4 rings (SSSR count). The number of carbonyl (C=O) groups excluding carboxylic acids is 1. The number of unbranched alkanes of at least 4 members (excludes halogenated alkanes) is 1. The second kappa shape index (κ2) is 12.5. The minimum absolute atomic E-state index is 0.0576. The van der Waals surface area contributed by atoms with Crippen molar-refractivity contribution in [3.63, 3.8) is 0 Å². The maximum absolute atomic E-state index is 13.2. The SMILES string of the molecule is CCCCc1ccc(NS(=O)(=O)c2ccc(C)c(C(=O)Nc3ccc(C)c(S(=O)(=O)N4CCOCC4)c3)c2)cc1. The Labute approximate surface area is 236 Å². The Morgan fingerprint density at radius 1 is 0.875 bits per heavy atom. The zero-order chi connectivity index (χ0) is 28.9. The van der Waals surface area contributed by atoms with E-state index < -0.39 is 26.0 Å². The Balaban J connectivity index is 1.54. The van der Waals surface area contributed by atoms with Crippen LogP contribution in [0.2, 0.25) is 0 Å². The number of benzene rings is 3. The molecule has 0 aromatic heterocycles. The molecule has 11 heteroatoms. The van der Waals surface area contributed by atoms with Gasteiger partial charge in [-0.15, -0.1) is 0 Å². The van der Waals surface area contributed by atoms with E-state index in [2.05, 4.69) is 17.0 Å². The predicted molar refractivity (Wildman–Crippen MR) is 156 cm³/mol. The highest BCUT2D eigenvalue weighted by Crippen LogP contribution is 2.26. The van der Waals surface area contributed by atoms with Crippen LogP contribution in [0.3, 0.4) is 0 Å². The monoisotopic (exact) mass is 585 g/mol. The van der Waals surface area contributed by atoms with Gasteiger partial charge in [0.05, 0.1) is 23.0 Å². The zero-order valence-electron chi connectivity index (χ0n) is 22.9. The van der Waals surface area contributed by atoms with Gasteiger partial charge in [-0.05, 0) is 79.8 Å². The Kier molecular flexibility index (Phi) is 9.29. The summed E-state index contributed by atoms with van der Waals surface area (Å²) in [6.07, 6.45) is 3.07. The normalized spacial score (nSPS) is 14.6. The van der Waals surface area contributed by atoms with Crippen LogP contribution in [0.1, 0.15) is 46.8 Å². The molecule has 3 aromatic carbocycles. The van der Waals surface area contributed by atoms with Crippen LogP contribution in [0.25, 0.3) is 0 Å². The fourth-order valence-electron chi connectivity index (χ4n) is 4.43. The van der Waals surface area contributed by atoms with Crippen LogP contribution in [0.5, 0.6) is 0 Å². The Bertz CT molecular complexity index is 1580. The molecule has 0 radical (unpaired) electrons. The molecule has 214 valence electrons. The number of anilines is 2. The van der Waals surface area contributed by atoms with Crippen molar-refractivity contribution in [3.05, 3.63) is 82.9 Å². The molecule has 1 amide bonds. The summed E-state index contributed by atoms with van der Waals surface area (Å²) in [5.41, 5.74) is 3.15. The van der Waals surface area contributed by atoms with Crippen molar-refractivity contribution < 1.29 is 26.4 Å². The van der Waals surface area contributed by atoms with Crippen LogP contribution < -0.4 is 10.0 Å². The standard InChI is InChI=1S/C29H35N3O6S2/c1-4-5-6-23-9-12-24(13-10-23)31-39(34,35)26-14-8-21(2)27(20-26)29(33)30-25-11-7-22(3)28(19-25)40(36,37)32-15-17-38-18-16-32/h7-14,19-20,31H,4-6,15-18H2,1-3H3,(H,30,33). The van der Waals surface area contributed by atoms with Crippen LogP contribution in [-0.4, -0.2) is 53.4 Å². The zero-order valence-corrected chi connectivity index (χ0v) is 24.6. The van der Waals surface area contributed by atoms with Crippen molar-refractivity contribution in [3.8, 4) is 0 Å². The third-order valence-electron chi connectivity index (χ3n) is 6.82. The predicted octanol–water partition coefficient (Wildman–Crippen LogP) is 4.72. The quantitative estimate of drug-likeness (QED) is 0.355. The van der Waals surface area contributed by atoms with Crippen LogP contribution in [0.15, 0.2) is 70.5 Å². The molecule has 1 aliphatic rings. The summed E-state index contributed by atoms with van der Waals surface area (Å²) in [5.74, 6) is -0.548. The van der Waals surface area contributed by atoms with Crippen molar-refractivity contribution in [1.29, 1.82) is 0 Å². The number of aryl methyl sites for hydroxylation is 3. The van der Waals surface area contributed by atoms with Gasteiger partial charge in [-0.25, -0.2) is 16.8 Å². The summed E-state index contributed by atoms with van der Waals surface area (Å²) >= 11 is 0. The maximum Gasteiger partial charge on any atom is 0.261 e. The summed E-state index contributed by atoms with van der Waals surface area (Å²) in [5, 5.41) is 2.73. The summed E-state index contributed by atoms with van der Waals surface area (Å²) in [4.78, 5) is 13.3. The van der Waals surface area contributed by atoms with Gasteiger partial charge in [0.15, 0.2) is 0 Å². The molecule has 40 heavy (non-hydrogen) atoms. The third-order valence-corrected chi connectivity index (χ3v) is 10.2. The number of morpholine rings is 1. The van der Waals surface area contributed by atoms with E-state index >= 15 is 0 Å². The van der Waals surface area contributed by atoms with Crippen LogP contribution >= 0.6 is 0 Å². The number of carbonyl (C=O) groups is 1. The van der Waals surface area contributed by atoms with E-state index in [0.717, 1.165) is 24.8 Å². The second-order valence-corrected chi connectivity index (χ2v) is 13.4. The van der Waals surface area contributed by atoms with E-state index in [1.165, 1.54) is 22.5 Å². The van der Waals surface area contributed by atoms with Crippen LogP contribution in [0, 0.1) is 13.8 Å². The summed E-state index contributed by atoms with van der Waals surface area (Å²) in [6, 6.07) is 16.3. The van der Waals surface area contributed by atoms with Crippen molar-refractivity contribution >= 4 is 37.3 Å². The topological polar surface area (TPSA) is 122 Å². The lowest BCUT2D eigenvalue weighted by molar-refractivity contribution is 0.0730. The van der Waals surface area contributed by atoms with Gasteiger partial charge < -0.3 is 10.1 Å². The minimum Gasteiger partial charge on any atom is -0.379 e. The number of amides is 1. The van der Waals surface area contributed by atoms with Crippen molar-refractivity contribution in [2.75, 3.05) is 36.3 Å². The molecule has 1 aliphatic heterocycles. The Morgan fingerprint density at radius 3 is 2.20 bits per heavy atom. The number of hydrogen-bond donors (Lipinski definition) is 2. The summed E-state index contributed by atoms with van der Waals surface area (Å²) < 4.78 is 61.9. The van der Waals surface area contributed by atoms with Gasteiger partial charge in [-0.3, -0.25) is 9.52 Å². The lowest BCUT2D eigenvalue weighted by Crippen LogP contribution is -2.40. The van der Waals surface area contributed by atoms with E-state index in [0.29, 0.717) is 30.0 Å². The van der Waals surface area contributed by atoms with E-state index in [9.17, 15) is 21.6 Å². The number of nitrogens with zero attached hydrogens (tertiary/aromatic N) is 1. The van der Waals surface area contributed by atoms with E-state index in [1.807, 2.05) is 12.1 Å². The first kappa shape index (κ1) is 29.7. The minimum atomic E-state index is -3.96. The van der Waals surface area contributed by atoms with Crippen LogP contribution in [0.4, 0.5) is 11.4 Å². The first-order valence-corrected chi connectivity index (χ1v) is 16.2. The molecule has 9 nitrogen and oxygen atoms in total. The van der Waals surface area contributed by atoms with Crippen LogP contribution in [-0.2, 0) is 31.2 Å². The average Bonchev–Trinajstić information content (AvgIpc) is 2.94. The number of sulfonamides is 2. The molecule has 0 bridgehead atoms. The molecular weight excluding hydrogens is 550 g/mol. The molecule has 0 aliphatic carbocycles. The highest BCUT2D eigenvalue weighted by Gasteiger charge is 2.28. The molecular formula is C29H35N3O6S2. The van der Waals surface area contributed by atoms with Gasteiger partial charge in [0.1, 0.15) is 0 Å². The van der Waals surface area contributed by atoms with Gasteiger partial charge in [0.25, 0.3) is 15.9 Å². The average molecular weight is 586 g/mol. The summed E-state index contributed by atoms with van der Waals surface area (Å²) in [7, 11) is -7.73. The summed E-state index contributed by atoms with van der Waals surface area (Å²) in [6.45, 7) is 6.69. The van der Waals surface area contributed by atoms with E-state index in [4.69, 9.17) is 4.74 Å². The number of rotatable bonds is 10. The first-order chi connectivity index (χ1) is 19.0. The molecule has 1 saturated heterocycles. The number of nitrogens with one attached hydrogen (secondary N) is 2. The van der Waals surface area contributed by atoms with Crippen molar-refractivity contribution in [2.24, 2.45) is 0 Å². The molecule has 1 heterocycles. The Morgan fingerprint density at radius 2 is 1.52 bits per heavy atom. The largest absolute Gasteiger partial charge is 0.379 e. The lowest BCUT2D eigenvalue weighted by atomic mass is 10.1. The highest BCUT2D eigenvalue weighted by molar-refractivity contribution is 7.92. The van der Waals surface area contributed by atoms with Crippen molar-refractivity contribution in [1.82, 2.24) is 4.31 Å². The van der Waals surface area contributed by atoms with Gasteiger partial charge in [0.2, 0.25) is 10.0 Å². The maximum atomic E-state index is 13.2. The molecule has 1 fully saturated rings. The first-order valence-electron chi connectivity index (χ1n) is 13.2. The van der Waals surface area contributed by atoms with E-state index in [1.54, 1.807) is 44.2 Å². The lowest BCUT2D eigenvalue weighted by Gasteiger charge is -2.26. The van der Waals surface area contributed by atoms with Gasteiger partial charge in [-0.1, -0.05) is 37.6 Å².